The number of hydrogen-bond acceptors (Lipinski definition) is 3. The first-order chi connectivity index (χ1) is 8.56. The Morgan fingerprint density at radius 2 is 2.11 bits per heavy atom. The summed E-state index contributed by atoms with van der Waals surface area (Å²) in [7, 11) is 0. The molecule has 0 saturated carbocycles. The molecule has 0 aliphatic carbocycles. The summed E-state index contributed by atoms with van der Waals surface area (Å²) in [6.07, 6.45) is 1.65. The Morgan fingerprint density at radius 3 is 2.67 bits per heavy atom. The molecule has 0 aliphatic rings. The molecule has 1 atom stereocenters. The van der Waals surface area contributed by atoms with Crippen LogP contribution in [0.4, 0.5) is 0 Å². The number of pyridine rings is 1. The van der Waals surface area contributed by atoms with E-state index in [1.165, 1.54) is 0 Å². The summed E-state index contributed by atoms with van der Waals surface area (Å²) in [6, 6.07) is 9.90. The summed E-state index contributed by atoms with van der Waals surface area (Å²) >= 11 is 10.9. The van der Waals surface area contributed by atoms with Gasteiger partial charge in [-0.3, -0.25) is 0 Å². The van der Waals surface area contributed by atoms with Crippen molar-refractivity contribution in [1.82, 2.24) is 4.98 Å². The minimum absolute atomic E-state index is 0.0204. The molecule has 18 heavy (non-hydrogen) atoms. The third kappa shape index (κ3) is 3.48. The summed E-state index contributed by atoms with van der Waals surface area (Å²) in [5.41, 5.74) is 6.97. The van der Waals surface area contributed by atoms with Crippen LogP contribution < -0.4 is 5.73 Å². The van der Waals surface area contributed by atoms with Crippen molar-refractivity contribution in [2.24, 2.45) is 5.73 Å². The maximum absolute atomic E-state index is 5.87. The van der Waals surface area contributed by atoms with Gasteiger partial charge in [0.15, 0.2) is 0 Å². The van der Waals surface area contributed by atoms with E-state index < -0.39 is 0 Å². The van der Waals surface area contributed by atoms with Gasteiger partial charge in [0.05, 0.1) is 5.02 Å². The molecule has 1 aromatic carbocycles. The monoisotopic (exact) mass is 342 g/mol. The number of nitrogens with zero attached hydrogens (tertiary/aromatic N) is 1. The molecule has 5 heteroatoms. The molecule has 0 unspecified atom stereocenters. The molecule has 2 N–H and O–H groups in total. The SMILES string of the molecule is C[C@H](N)c1ccc(Sc2ccc(Cl)cn2)cc1Br. The molecule has 0 saturated heterocycles. The third-order valence-electron chi connectivity index (χ3n) is 2.39. The Kier molecular flexibility index (Phi) is 4.67. The summed E-state index contributed by atoms with van der Waals surface area (Å²) in [5, 5.41) is 1.56. The lowest BCUT2D eigenvalue weighted by Crippen LogP contribution is -2.05. The molecule has 0 spiro atoms. The second-order valence-electron chi connectivity index (χ2n) is 3.89. The van der Waals surface area contributed by atoms with Crippen molar-refractivity contribution in [3.63, 3.8) is 0 Å². The van der Waals surface area contributed by atoms with E-state index in [1.807, 2.05) is 31.2 Å². The predicted molar refractivity (Wildman–Crippen MR) is 80.1 cm³/mol. The van der Waals surface area contributed by atoms with Crippen LogP contribution >= 0.6 is 39.3 Å². The number of aromatic nitrogens is 1. The van der Waals surface area contributed by atoms with Gasteiger partial charge in [0.2, 0.25) is 0 Å². The van der Waals surface area contributed by atoms with Crippen LogP contribution in [0.3, 0.4) is 0 Å². The Balaban J connectivity index is 2.20. The number of halogens is 2. The molecule has 0 bridgehead atoms. The zero-order valence-electron chi connectivity index (χ0n) is 9.73. The maximum atomic E-state index is 5.87. The van der Waals surface area contributed by atoms with Crippen LogP contribution in [0.5, 0.6) is 0 Å². The van der Waals surface area contributed by atoms with Crippen LogP contribution in [0.2, 0.25) is 5.02 Å². The van der Waals surface area contributed by atoms with E-state index in [2.05, 4.69) is 27.0 Å². The van der Waals surface area contributed by atoms with Crippen molar-refractivity contribution in [3.05, 3.63) is 51.6 Å². The molecule has 94 valence electrons. The second kappa shape index (κ2) is 6.06. The fourth-order valence-electron chi connectivity index (χ4n) is 1.48. The average Bonchev–Trinajstić information content (AvgIpc) is 2.32. The Bertz CT molecular complexity index is 543. The van der Waals surface area contributed by atoms with Gasteiger partial charge in [0, 0.05) is 21.6 Å². The van der Waals surface area contributed by atoms with Gasteiger partial charge >= 0.3 is 0 Å². The molecule has 0 fully saturated rings. The Labute approximate surface area is 124 Å². The van der Waals surface area contributed by atoms with Crippen LogP contribution in [0.25, 0.3) is 0 Å². The lowest BCUT2D eigenvalue weighted by molar-refractivity contribution is 0.811. The fraction of sp³-hybridized carbons (Fsp3) is 0.154. The largest absolute Gasteiger partial charge is 0.324 e. The molecular weight excluding hydrogens is 332 g/mol. The highest BCUT2D eigenvalue weighted by atomic mass is 79.9. The first-order valence-electron chi connectivity index (χ1n) is 5.40. The van der Waals surface area contributed by atoms with Crippen LogP contribution in [0.15, 0.2) is 50.9 Å². The van der Waals surface area contributed by atoms with Crippen molar-refractivity contribution >= 4 is 39.3 Å². The molecule has 0 aliphatic heterocycles. The molecule has 0 amide bonds. The number of benzene rings is 1. The van der Waals surface area contributed by atoms with E-state index >= 15 is 0 Å². The van der Waals surface area contributed by atoms with Crippen molar-refractivity contribution < 1.29 is 0 Å². The number of nitrogens with two attached hydrogens (primary N) is 1. The second-order valence-corrected chi connectivity index (χ2v) is 6.27. The Morgan fingerprint density at radius 1 is 1.33 bits per heavy atom. The first-order valence-corrected chi connectivity index (χ1v) is 7.39. The molecule has 1 heterocycles. The van der Waals surface area contributed by atoms with E-state index in [9.17, 15) is 0 Å². The summed E-state index contributed by atoms with van der Waals surface area (Å²) in [5.74, 6) is 0. The van der Waals surface area contributed by atoms with Crippen molar-refractivity contribution in [2.45, 2.75) is 22.9 Å². The molecule has 2 aromatic rings. The first kappa shape index (κ1) is 13.9. The Hall–Kier alpha value is -0.550. The third-order valence-corrected chi connectivity index (χ3v) is 4.24. The predicted octanol–water partition coefficient (Wildman–Crippen LogP) is 4.67. The van der Waals surface area contributed by atoms with E-state index in [4.69, 9.17) is 17.3 Å². The number of hydrogen-bond donors (Lipinski definition) is 1. The smallest absolute Gasteiger partial charge is 0.101 e. The van der Waals surface area contributed by atoms with Crippen molar-refractivity contribution in [1.29, 1.82) is 0 Å². The highest BCUT2D eigenvalue weighted by Crippen LogP contribution is 2.31. The highest BCUT2D eigenvalue weighted by Gasteiger charge is 2.07. The van der Waals surface area contributed by atoms with Gasteiger partial charge in [-0.15, -0.1) is 0 Å². The molecule has 0 radical (unpaired) electrons. The van der Waals surface area contributed by atoms with Crippen LogP contribution in [-0.2, 0) is 0 Å². The van der Waals surface area contributed by atoms with Gasteiger partial charge in [-0.25, -0.2) is 4.98 Å². The summed E-state index contributed by atoms with van der Waals surface area (Å²) in [6.45, 7) is 1.97. The van der Waals surface area contributed by atoms with Gasteiger partial charge < -0.3 is 5.73 Å². The van der Waals surface area contributed by atoms with Crippen LogP contribution in [0.1, 0.15) is 18.5 Å². The average molecular weight is 344 g/mol. The van der Waals surface area contributed by atoms with E-state index in [1.54, 1.807) is 18.0 Å². The topological polar surface area (TPSA) is 38.9 Å². The standard InChI is InChI=1S/C13H12BrClN2S/c1-8(16)11-4-3-10(6-12(11)14)18-13-5-2-9(15)7-17-13/h2-8H,16H2,1H3/t8-/m0/s1. The fourth-order valence-corrected chi connectivity index (χ4v) is 3.28. The maximum Gasteiger partial charge on any atom is 0.101 e. The van der Waals surface area contributed by atoms with E-state index in [-0.39, 0.29) is 6.04 Å². The van der Waals surface area contributed by atoms with Crippen LogP contribution in [-0.4, -0.2) is 4.98 Å². The number of rotatable bonds is 3. The minimum atomic E-state index is 0.0204. The molecule has 1 aromatic heterocycles. The molecule has 2 rings (SSSR count). The van der Waals surface area contributed by atoms with Gasteiger partial charge in [-0.2, -0.15) is 0 Å². The zero-order chi connectivity index (χ0) is 13.1. The van der Waals surface area contributed by atoms with Crippen LogP contribution in [0, 0.1) is 0 Å². The quantitative estimate of drug-likeness (QED) is 0.880. The lowest BCUT2D eigenvalue weighted by Gasteiger charge is -2.09. The summed E-state index contributed by atoms with van der Waals surface area (Å²) < 4.78 is 1.02. The summed E-state index contributed by atoms with van der Waals surface area (Å²) in [4.78, 5) is 5.36. The van der Waals surface area contributed by atoms with Crippen molar-refractivity contribution in [2.75, 3.05) is 0 Å². The lowest BCUT2D eigenvalue weighted by atomic mass is 10.1. The highest BCUT2D eigenvalue weighted by molar-refractivity contribution is 9.10. The van der Waals surface area contributed by atoms with Gasteiger partial charge in [0.1, 0.15) is 5.03 Å². The van der Waals surface area contributed by atoms with E-state index in [0.29, 0.717) is 5.02 Å². The van der Waals surface area contributed by atoms with Gasteiger partial charge in [-0.1, -0.05) is 45.4 Å². The van der Waals surface area contributed by atoms with Gasteiger partial charge in [-0.05, 0) is 36.8 Å². The van der Waals surface area contributed by atoms with Crippen molar-refractivity contribution in [3.8, 4) is 0 Å². The molecule has 2 nitrogen and oxygen atoms in total. The van der Waals surface area contributed by atoms with Gasteiger partial charge in [0.25, 0.3) is 0 Å². The minimum Gasteiger partial charge on any atom is -0.324 e. The zero-order valence-corrected chi connectivity index (χ0v) is 12.9. The normalized spacial score (nSPS) is 12.4. The van der Waals surface area contributed by atoms with E-state index in [0.717, 1.165) is 20.0 Å². The molecular formula is C13H12BrClN2S.